The van der Waals surface area contributed by atoms with Crippen LogP contribution in [0.5, 0.6) is 0 Å². The second-order valence-corrected chi connectivity index (χ2v) is 7.34. The fourth-order valence-electron chi connectivity index (χ4n) is 2.99. The lowest BCUT2D eigenvalue weighted by Gasteiger charge is -2.12. The SMILES string of the molecule is CCOC(=O)/C(C#N)=C(\C)CC(=O)Nc1sc2c(c1C(=O)OCC)CCCC2=O. The molecule has 1 N–H and O–H groups in total. The average molecular weight is 418 g/mol. The molecule has 0 atom stereocenters. The Bertz CT molecular complexity index is 922. The summed E-state index contributed by atoms with van der Waals surface area (Å²) in [4.78, 5) is 49.4. The number of ketones is 1. The Hall–Kier alpha value is -2.99. The van der Waals surface area contributed by atoms with Gasteiger partial charge in [-0.3, -0.25) is 9.59 Å². The third-order valence-corrected chi connectivity index (χ3v) is 5.46. The first-order valence-electron chi connectivity index (χ1n) is 9.26. The molecule has 8 nitrogen and oxygen atoms in total. The van der Waals surface area contributed by atoms with E-state index in [1.54, 1.807) is 19.9 Å². The summed E-state index contributed by atoms with van der Waals surface area (Å²) in [6, 6.07) is 1.76. The minimum atomic E-state index is -0.787. The van der Waals surface area contributed by atoms with Crippen LogP contribution in [0.2, 0.25) is 0 Å². The lowest BCUT2D eigenvalue weighted by atomic mass is 9.94. The van der Waals surface area contributed by atoms with Gasteiger partial charge in [0.15, 0.2) is 5.78 Å². The highest BCUT2D eigenvalue weighted by atomic mass is 32.1. The van der Waals surface area contributed by atoms with E-state index >= 15 is 0 Å². The molecule has 0 aromatic carbocycles. The molecule has 1 aromatic rings. The first-order valence-corrected chi connectivity index (χ1v) is 10.1. The van der Waals surface area contributed by atoms with Crippen LogP contribution < -0.4 is 5.32 Å². The normalized spacial score (nSPS) is 13.7. The topological polar surface area (TPSA) is 123 Å². The van der Waals surface area contributed by atoms with Gasteiger partial charge in [0.25, 0.3) is 0 Å². The van der Waals surface area contributed by atoms with Gasteiger partial charge in [-0.05, 0) is 44.7 Å². The lowest BCUT2D eigenvalue weighted by Crippen LogP contribution is -2.17. The molecule has 1 aliphatic carbocycles. The van der Waals surface area contributed by atoms with Crippen LogP contribution in [0, 0.1) is 11.3 Å². The van der Waals surface area contributed by atoms with Crippen molar-refractivity contribution in [3.05, 3.63) is 27.2 Å². The third kappa shape index (κ3) is 5.09. The van der Waals surface area contributed by atoms with Crippen LogP contribution in [0.15, 0.2) is 11.1 Å². The monoisotopic (exact) mass is 418 g/mol. The maximum Gasteiger partial charge on any atom is 0.348 e. The number of Topliss-reactive ketones (excluding diaryl/α,β-unsaturated/α-hetero) is 1. The summed E-state index contributed by atoms with van der Waals surface area (Å²) in [6.45, 7) is 5.06. The molecule has 1 aliphatic rings. The quantitative estimate of drug-likeness (QED) is 0.410. The van der Waals surface area contributed by atoms with Crippen molar-refractivity contribution >= 4 is 40.0 Å². The fraction of sp³-hybridized carbons (Fsp3) is 0.450. The van der Waals surface area contributed by atoms with Crippen LogP contribution in [0.25, 0.3) is 0 Å². The van der Waals surface area contributed by atoms with Gasteiger partial charge in [0.1, 0.15) is 16.6 Å². The molecule has 0 saturated carbocycles. The summed E-state index contributed by atoms with van der Waals surface area (Å²) >= 11 is 1.05. The van der Waals surface area contributed by atoms with E-state index in [0.29, 0.717) is 29.7 Å². The van der Waals surface area contributed by atoms with Crippen molar-refractivity contribution in [3.63, 3.8) is 0 Å². The summed E-state index contributed by atoms with van der Waals surface area (Å²) in [5.41, 5.74) is 0.837. The number of anilines is 1. The molecule has 154 valence electrons. The standard InChI is InChI=1S/C20H22N2O6S/c1-4-27-19(25)13(10-21)11(3)9-15(24)22-18-16(20(26)28-5-2)12-7-6-8-14(23)17(12)29-18/h4-9H2,1-3H3,(H,22,24)/b13-11+. The first kappa shape index (κ1) is 22.3. The number of ether oxygens (including phenoxy) is 2. The molecule has 0 unspecified atom stereocenters. The smallest absolute Gasteiger partial charge is 0.348 e. The van der Waals surface area contributed by atoms with Crippen LogP contribution in [0.4, 0.5) is 5.00 Å². The Morgan fingerprint density at radius 3 is 2.48 bits per heavy atom. The van der Waals surface area contributed by atoms with E-state index in [9.17, 15) is 24.4 Å². The number of hydrogen-bond donors (Lipinski definition) is 1. The Morgan fingerprint density at radius 2 is 1.86 bits per heavy atom. The molecule has 0 fully saturated rings. The number of esters is 2. The number of carbonyl (C=O) groups is 4. The van der Waals surface area contributed by atoms with Crippen molar-refractivity contribution in [1.29, 1.82) is 5.26 Å². The number of hydrogen-bond acceptors (Lipinski definition) is 8. The van der Waals surface area contributed by atoms with Gasteiger partial charge >= 0.3 is 11.9 Å². The highest BCUT2D eigenvalue weighted by molar-refractivity contribution is 7.18. The predicted octanol–water partition coefficient (Wildman–Crippen LogP) is 3.18. The van der Waals surface area contributed by atoms with Crippen LogP contribution >= 0.6 is 11.3 Å². The number of nitrogens with one attached hydrogen (secondary N) is 1. The maximum absolute atomic E-state index is 12.5. The molecule has 0 radical (unpaired) electrons. The molecular formula is C20H22N2O6S. The second kappa shape index (κ2) is 9.98. The molecule has 1 heterocycles. The molecule has 1 aromatic heterocycles. The van der Waals surface area contributed by atoms with E-state index in [2.05, 4.69) is 5.32 Å². The van der Waals surface area contributed by atoms with Crippen molar-refractivity contribution in [1.82, 2.24) is 0 Å². The summed E-state index contributed by atoms with van der Waals surface area (Å²) < 4.78 is 9.91. The molecule has 9 heteroatoms. The Balaban J connectivity index is 2.30. The van der Waals surface area contributed by atoms with E-state index in [4.69, 9.17) is 9.47 Å². The summed E-state index contributed by atoms with van der Waals surface area (Å²) in [6.07, 6.45) is 1.35. The van der Waals surface area contributed by atoms with Crippen LogP contribution in [-0.4, -0.2) is 36.8 Å². The zero-order chi connectivity index (χ0) is 21.6. The minimum Gasteiger partial charge on any atom is -0.462 e. The highest BCUT2D eigenvalue weighted by Gasteiger charge is 2.31. The van der Waals surface area contributed by atoms with E-state index in [1.807, 2.05) is 0 Å². The number of rotatable bonds is 7. The van der Waals surface area contributed by atoms with Gasteiger partial charge in [-0.1, -0.05) is 0 Å². The van der Waals surface area contributed by atoms with Gasteiger partial charge in [0.05, 0.1) is 23.7 Å². The lowest BCUT2D eigenvalue weighted by molar-refractivity contribution is -0.138. The third-order valence-electron chi connectivity index (χ3n) is 4.27. The summed E-state index contributed by atoms with van der Waals surface area (Å²) in [5.74, 6) is -1.96. The van der Waals surface area contributed by atoms with Crippen molar-refractivity contribution in [2.45, 2.75) is 46.5 Å². The molecule has 0 bridgehead atoms. The molecule has 0 spiro atoms. The predicted molar refractivity (Wildman–Crippen MR) is 106 cm³/mol. The van der Waals surface area contributed by atoms with Crippen molar-refractivity contribution in [2.24, 2.45) is 0 Å². The minimum absolute atomic E-state index is 0.0625. The maximum atomic E-state index is 12.5. The molecule has 29 heavy (non-hydrogen) atoms. The van der Waals surface area contributed by atoms with Crippen LogP contribution in [0.1, 0.15) is 65.6 Å². The van der Waals surface area contributed by atoms with E-state index in [0.717, 1.165) is 11.3 Å². The van der Waals surface area contributed by atoms with Gasteiger partial charge in [-0.2, -0.15) is 5.26 Å². The molecular weight excluding hydrogens is 396 g/mol. The van der Waals surface area contributed by atoms with Crippen molar-refractivity contribution < 1.29 is 28.7 Å². The fourth-order valence-corrected chi connectivity index (χ4v) is 4.21. The number of thiophene rings is 1. The Labute approximate surface area is 172 Å². The average Bonchev–Trinajstić information content (AvgIpc) is 3.01. The number of nitriles is 1. The van der Waals surface area contributed by atoms with Gasteiger partial charge < -0.3 is 14.8 Å². The van der Waals surface area contributed by atoms with Gasteiger partial charge in [0.2, 0.25) is 5.91 Å². The van der Waals surface area contributed by atoms with Gasteiger partial charge in [-0.25, -0.2) is 9.59 Å². The molecule has 0 saturated heterocycles. The highest BCUT2D eigenvalue weighted by Crippen LogP contribution is 2.38. The van der Waals surface area contributed by atoms with Crippen molar-refractivity contribution in [3.8, 4) is 6.07 Å². The largest absolute Gasteiger partial charge is 0.462 e. The van der Waals surface area contributed by atoms with E-state index in [1.165, 1.54) is 6.92 Å². The van der Waals surface area contributed by atoms with Gasteiger partial charge in [-0.15, -0.1) is 11.3 Å². The van der Waals surface area contributed by atoms with Crippen molar-refractivity contribution in [2.75, 3.05) is 18.5 Å². The number of nitrogens with zero attached hydrogens (tertiary/aromatic N) is 1. The number of amides is 1. The van der Waals surface area contributed by atoms with Crippen LogP contribution in [-0.2, 0) is 25.5 Å². The van der Waals surface area contributed by atoms with E-state index < -0.39 is 17.8 Å². The van der Waals surface area contributed by atoms with E-state index in [-0.39, 0.29) is 47.1 Å². The number of carbonyl (C=O) groups excluding carboxylic acids is 4. The zero-order valence-corrected chi connectivity index (χ0v) is 17.4. The zero-order valence-electron chi connectivity index (χ0n) is 16.5. The Morgan fingerprint density at radius 1 is 1.17 bits per heavy atom. The summed E-state index contributed by atoms with van der Waals surface area (Å²) in [5, 5.41) is 12.1. The first-order chi connectivity index (χ1) is 13.8. The Kier molecular flexibility index (Phi) is 7.67. The molecule has 1 amide bonds. The summed E-state index contributed by atoms with van der Waals surface area (Å²) in [7, 11) is 0. The molecule has 2 rings (SSSR count). The molecule has 0 aliphatic heterocycles. The number of fused-ring (bicyclic) bond motifs is 1. The second-order valence-electron chi connectivity index (χ2n) is 6.32. The van der Waals surface area contributed by atoms with Gasteiger partial charge in [0, 0.05) is 12.8 Å². The van der Waals surface area contributed by atoms with Crippen LogP contribution in [0.3, 0.4) is 0 Å².